The van der Waals surface area contributed by atoms with Crippen molar-refractivity contribution >= 4 is 6.03 Å². The van der Waals surface area contributed by atoms with Crippen molar-refractivity contribution in [3.8, 4) is 0 Å². The molecule has 0 saturated carbocycles. The van der Waals surface area contributed by atoms with Crippen LogP contribution in [0.3, 0.4) is 0 Å². The minimum atomic E-state index is 0.200. The second-order valence-corrected chi connectivity index (χ2v) is 5.38. The molecule has 2 saturated heterocycles. The third kappa shape index (κ3) is 2.45. The lowest BCUT2D eigenvalue weighted by atomic mass is 10.1. The van der Waals surface area contributed by atoms with E-state index in [-0.39, 0.29) is 6.03 Å². The fourth-order valence-electron chi connectivity index (χ4n) is 2.92. The SMILES string of the molecule is CCc1ccc(CN2CC3CNCCN3C2=O)cc1. The molecule has 0 radical (unpaired) electrons. The summed E-state index contributed by atoms with van der Waals surface area (Å²) in [6.45, 7) is 6.42. The molecule has 2 heterocycles. The molecule has 0 aromatic heterocycles. The van der Waals surface area contributed by atoms with Crippen molar-refractivity contribution in [2.75, 3.05) is 26.2 Å². The largest absolute Gasteiger partial charge is 0.320 e. The van der Waals surface area contributed by atoms with Crippen molar-refractivity contribution in [2.45, 2.75) is 25.9 Å². The Morgan fingerprint density at radius 1 is 1.26 bits per heavy atom. The van der Waals surface area contributed by atoms with Crippen LogP contribution in [-0.2, 0) is 13.0 Å². The summed E-state index contributed by atoms with van der Waals surface area (Å²) in [4.78, 5) is 16.3. The van der Waals surface area contributed by atoms with Crippen molar-refractivity contribution in [3.05, 3.63) is 35.4 Å². The Kier molecular flexibility index (Phi) is 3.42. The van der Waals surface area contributed by atoms with Crippen molar-refractivity contribution in [3.63, 3.8) is 0 Å². The number of fused-ring (bicyclic) bond motifs is 1. The molecule has 1 aromatic rings. The second kappa shape index (κ2) is 5.21. The standard InChI is InChI=1S/C15H21N3O/c1-2-12-3-5-13(6-4-12)10-17-11-14-9-16-7-8-18(14)15(17)19/h3-6,14,16H,2,7-11H2,1H3. The summed E-state index contributed by atoms with van der Waals surface area (Å²) in [6.07, 6.45) is 1.06. The lowest BCUT2D eigenvalue weighted by Crippen LogP contribution is -2.49. The van der Waals surface area contributed by atoms with Crippen LogP contribution in [0.5, 0.6) is 0 Å². The Morgan fingerprint density at radius 3 is 2.68 bits per heavy atom. The average molecular weight is 259 g/mol. The Balaban J connectivity index is 1.67. The summed E-state index contributed by atoms with van der Waals surface area (Å²) in [5.41, 5.74) is 2.57. The van der Waals surface area contributed by atoms with E-state index in [4.69, 9.17) is 0 Å². The lowest BCUT2D eigenvalue weighted by molar-refractivity contribution is 0.178. The molecule has 1 unspecified atom stereocenters. The Morgan fingerprint density at radius 2 is 2.00 bits per heavy atom. The van der Waals surface area contributed by atoms with Crippen LogP contribution < -0.4 is 5.32 Å². The van der Waals surface area contributed by atoms with Crippen LogP contribution in [0.15, 0.2) is 24.3 Å². The van der Waals surface area contributed by atoms with Gasteiger partial charge in [-0.2, -0.15) is 0 Å². The number of hydrogen-bond donors (Lipinski definition) is 1. The van der Waals surface area contributed by atoms with E-state index in [9.17, 15) is 4.79 Å². The predicted octanol–water partition coefficient (Wildman–Crippen LogP) is 1.46. The number of benzene rings is 1. The van der Waals surface area contributed by atoms with Gasteiger partial charge in [-0.05, 0) is 17.5 Å². The van der Waals surface area contributed by atoms with Gasteiger partial charge in [-0.15, -0.1) is 0 Å². The molecule has 0 spiro atoms. The van der Waals surface area contributed by atoms with E-state index in [0.29, 0.717) is 6.04 Å². The zero-order valence-corrected chi connectivity index (χ0v) is 11.4. The Labute approximate surface area is 114 Å². The number of amides is 2. The number of nitrogens with one attached hydrogen (secondary N) is 1. The summed E-state index contributed by atoms with van der Waals surface area (Å²) < 4.78 is 0. The van der Waals surface area contributed by atoms with E-state index in [1.165, 1.54) is 11.1 Å². The van der Waals surface area contributed by atoms with Gasteiger partial charge in [-0.25, -0.2) is 4.79 Å². The van der Waals surface area contributed by atoms with E-state index >= 15 is 0 Å². The molecule has 19 heavy (non-hydrogen) atoms. The van der Waals surface area contributed by atoms with E-state index in [0.717, 1.165) is 39.1 Å². The molecule has 2 aliphatic rings. The van der Waals surface area contributed by atoms with Gasteiger partial charge in [-0.3, -0.25) is 0 Å². The molecular weight excluding hydrogens is 238 g/mol. The molecule has 1 atom stereocenters. The molecule has 3 rings (SSSR count). The summed E-state index contributed by atoms with van der Waals surface area (Å²) >= 11 is 0. The first-order chi connectivity index (χ1) is 9.28. The van der Waals surface area contributed by atoms with E-state index in [1.54, 1.807) is 0 Å². The fourth-order valence-corrected chi connectivity index (χ4v) is 2.92. The lowest BCUT2D eigenvalue weighted by Gasteiger charge is -2.28. The maximum atomic E-state index is 12.3. The monoisotopic (exact) mass is 259 g/mol. The van der Waals surface area contributed by atoms with Gasteiger partial charge in [0.1, 0.15) is 0 Å². The van der Waals surface area contributed by atoms with Gasteiger partial charge in [0.15, 0.2) is 0 Å². The summed E-state index contributed by atoms with van der Waals surface area (Å²) in [5, 5.41) is 3.36. The van der Waals surface area contributed by atoms with Crippen molar-refractivity contribution < 1.29 is 4.79 Å². The van der Waals surface area contributed by atoms with Gasteiger partial charge < -0.3 is 15.1 Å². The van der Waals surface area contributed by atoms with Gasteiger partial charge >= 0.3 is 6.03 Å². The highest BCUT2D eigenvalue weighted by molar-refractivity contribution is 5.77. The number of rotatable bonds is 3. The number of aryl methyl sites for hydroxylation is 1. The molecule has 4 nitrogen and oxygen atoms in total. The van der Waals surface area contributed by atoms with Gasteiger partial charge in [-0.1, -0.05) is 31.2 Å². The van der Waals surface area contributed by atoms with Crippen LogP contribution in [0.2, 0.25) is 0 Å². The van der Waals surface area contributed by atoms with Gasteiger partial charge in [0.25, 0.3) is 0 Å². The number of piperazine rings is 1. The van der Waals surface area contributed by atoms with Gasteiger partial charge in [0.2, 0.25) is 0 Å². The first kappa shape index (κ1) is 12.5. The predicted molar refractivity (Wildman–Crippen MR) is 75.0 cm³/mol. The van der Waals surface area contributed by atoms with E-state index < -0.39 is 0 Å². The number of carbonyl (C=O) groups excluding carboxylic acids is 1. The fraction of sp³-hybridized carbons (Fsp3) is 0.533. The van der Waals surface area contributed by atoms with Gasteiger partial charge in [0.05, 0.1) is 6.04 Å². The molecule has 0 bridgehead atoms. The van der Waals surface area contributed by atoms with Crippen LogP contribution in [0.4, 0.5) is 4.79 Å². The zero-order chi connectivity index (χ0) is 13.2. The molecule has 2 aliphatic heterocycles. The van der Waals surface area contributed by atoms with E-state index in [2.05, 4.69) is 36.5 Å². The molecule has 2 amide bonds. The number of urea groups is 1. The Hall–Kier alpha value is -1.55. The third-order valence-electron chi connectivity index (χ3n) is 4.10. The molecule has 1 N–H and O–H groups in total. The van der Waals surface area contributed by atoms with Crippen LogP contribution in [0, 0.1) is 0 Å². The first-order valence-electron chi connectivity index (χ1n) is 7.12. The van der Waals surface area contributed by atoms with Crippen LogP contribution in [0.1, 0.15) is 18.1 Å². The molecule has 102 valence electrons. The summed E-state index contributed by atoms with van der Waals surface area (Å²) in [7, 11) is 0. The minimum Gasteiger partial charge on any atom is -0.318 e. The first-order valence-corrected chi connectivity index (χ1v) is 7.12. The van der Waals surface area contributed by atoms with Crippen LogP contribution >= 0.6 is 0 Å². The maximum absolute atomic E-state index is 12.3. The average Bonchev–Trinajstić information content (AvgIpc) is 2.77. The van der Waals surface area contributed by atoms with Crippen molar-refractivity contribution in [1.82, 2.24) is 15.1 Å². The highest BCUT2D eigenvalue weighted by Crippen LogP contribution is 2.20. The number of nitrogens with zero attached hydrogens (tertiary/aromatic N) is 2. The molecule has 1 aromatic carbocycles. The number of carbonyl (C=O) groups is 1. The minimum absolute atomic E-state index is 0.200. The third-order valence-corrected chi connectivity index (χ3v) is 4.10. The molecular formula is C15H21N3O. The quantitative estimate of drug-likeness (QED) is 0.892. The molecule has 2 fully saturated rings. The topological polar surface area (TPSA) is 35.6 Å². The van der Waals surface area contributed by atoms with Crippen LogP contribution in [-0.4, -0.2) is 48.1 Å². The van der Waals surface area contributed by atoms with Crippen molar-refractivity contribution in [2.24, 2.45) is 0 Å². The molecule has 0 aliphatic carbocycles. The van der Waals surface area contributed by atoms with Gasteiger partial charge in [0, 0.05) is 32.7 Å². The smallest absolute Gasteiger partial charge is 0.318 e. The summed E-state index contributed by atoms with van der Waals surface area (Å²) in [5.74, 6) is 0. The summed E-state index contributed by atoms with van der Waals surface area (Å²) in [6, 6.07) is 9.15. The zero-order valence-electron chi connectivity index (χ0n) is 11.4. The normalized spacial score (nSPS) is 22.8. The van der Waals surface area contributed by atoms with Crippen LogP contribution in [0.25, 0.3) is 0 Å². The highest BCUT2D eigenvalue weighted by atomic mass is 16.2. The Bertz CT molecular complexity index is 457. The van der Waals surface area contributed by atoms with E-state index in [1.807, 2.05) is 9.80 Å². The second-order valence-electron chi connectivity index (χ2n) is 5.38. The number of hydrogen-bond acceptors (Lipinski definition) is 2. The maximum Gasteiger partial charge on any atom is 0.320 e. The highest BCUT2D eigenvalue weighted by Gasteiger charge is 2.38. The molecule has 4 heteroatoms. The van der Waals surface area contributed by atoms with Crippen molar-refractivity contribution in [1.29, 1.82) is 0 Å².